The average Bonchev–Trinajstić information content (AvgIpc) is 2.56. The molecular weight excluding hydrogens is 322 g/mol. The summed E-state index contributed by atoms with van der Waals surface area (Å²) in [5, 5.41) is 7.13. The summed E-state index contributed by atoms with van der Waals surface area (Å²) in [6.07, 6.45) is 4.70. The Hall–Kier alpha value is -2.12. The lowest BCUT2D eigenvalue weighted by Crippen LogP contribution is -2.28. The van der Waals surface area contributed by atoms with Gasteiger partial charge in [-0.05, 0) is 44.8 Å². The van der Waals surface area contributed by atoms with Gasteiger partial charge in [-0.3, -0.25) is 4.79 Å². The number of aromatic nitrogens is 2. The largest absolute Gasteiger partial charge is 0.356 e. The second-order valence-corrected chi connectivity index (χ2v) is 6.98. The Balaban J connectivity index is 1.58. The Kier molecular flexibility index (Phi) is 5.32. The van der Waals surface area contributed by atoms with Crippen LogP contribution in [-0.2, 0) is 11.2 Å². The zero-order chi connectivity index (χ0) is 16.9. The van der Waals surface area contributed by atoms with Crippen LogP contribution in [0.15, 0.2) is 40.5 Å². The summed E-state index contributed by atoms with van der Waals surface area (Å²) in [7, 11) is 4.06. The van der Waals surface area contributed by atoms with E-state index in [1.54, 1.807) is 24.2 Å². The van der Waals surface area contributed by atoms with Gasteiger partial charge in [0.05, 0.1) is 12.1 Å². The average molecular weight is 343 g/mol. The van der Waals surface area contributed by atoms with E-state index in [0.717, 1.165) is 40.0 Å². The minimum absolute atomic E-state index is 0.0531. The van der Waals surface area contributed by atoms with E-state index in [0.29, 0.717) is 13.0 Å². The summed E-state index contributed by atoms with van der Waals surface area (Å²) in [6, 6.07) is 6.03. The first-order chi connectivity index (χ1) is 11.6. The zero-order valence-electron chi connectivity index (χ0n) is 13.9. The Bertz CT molecular complexity index is 735. The Morgan fingerprint density at radius 2 is 2.12 bits per heavy atom. The Morgan fingerprint density at radius 3 is 2.96 bits per heavy atom. The second kappa shape index (κ2) is 7.63. The van der Waals surface area contributed by atoms with E-state index in [1.807, 2.05) is 32.3 Å². The molecule has 2 aromatic rings. The standard InChI is InChI=1S/C17H21N5OS/c1-22(2)9-3-6-18-15(23)11-12-4-5-14-13(10-12)21-16-17(24-14)20-8-7-19-16/h4-5,7-8,10H,3,6,9,11H2,1-2H3,(H,18,23)(H,19,21). The van der Waals surface area contributed by atoms with Crippen LogP contribution in [0.1, 0.15) is 12.0 Å². The number of carbonyl (C=O) groups excluding carboxylic acids is 1. The number of hydrogen-bond donors (Lipinski definition) is 2. The lowest BCUT2D eigenvalue weighted by molar-refractivity contribution is -0.120. The number of anilines is 2. The number of hydrogen-bond acceptors (Lipinski definition) is 6. The van der Waals surface area contributed by atoms with Gasteiger partial charge in [-0.15, -0.1) is 0 Å². The van der Waals surface area contributed by atoms with E-state index in [-0.39, 0.29) is 5.91 Å². The van der Waals surface area contributed by atoms with Gasteiger partial charge in [0, 0.05) is 23.8 Å². The SMILES string of the molecule is CN(C)CCCNC(=O)Cc1ccc2c(c1)Nc1nccnc1S2. The maximum Gasteiger partial charge on any atom is 0.224 e. The molecular formula is C17H21N5OS. The molecule has 7 heteroatoms. The van der Waals surface area contributed by atoms with Gasteiger partial charge in [-0.2, -0.15) is 0 Å². The summed E-state index contributed by atoms with van der Waals surface area (Å²) in [4.78, 5) is 23.9. The number of carbonyl (C=O) groups is 1. The summed E-state index contributed by atoms with van der Waals surface area (Å²) < 4.78 is 0. The molecule has 0 saturated heterocycles. The van der Waals surface area contributed by atoms with E-state index in [9.17, 15) is 4.79 Å². The van der Waals surface area contributed by atoms with Gasteiger partial charge in [0.2, 0.25) is 5.91 Å². The fourth-order valence-corrected chi connectivity index (χ4v) is 3.34. The number of amides is 1. The highest BCUT2D eigenvalue weighted by Gasteiger charge is 2.18. The molecule has 126 valence electrons. The molecule has 0 radical (unpaired) electrons. The maximum atomic E-state index is 12.1. The van der Waals surface area contributed by atoms with Crippen molar-refractivity contribution >= 4 is 29.2 Å². The lowest BCUT2D eigenvalue weighted by Gasteiger charge is -2.19. The molecule has 1 aliphatic rings. The van der Waals surface area contributed by atoms with Gasteiger partial charge in [0.15, 0.2) is 5.82 Å². The molecule has 0 atom stereocenters. The molecule has 1 aliphatic heterocycles. The van der Waals surface area contributed by atoms with Crippen molar-refractivity contribution in [2.45, 2.75) is 22.8 Å². The van der Waals surface area contributed by atoms with Gasteiger partial charge in [0.1, 0.15) is 5.03 Å². The van der Waals surface area contributed by atoms with Crippen LogP contribution >= 0.6 is 11.8 Å². The van der Waals surface area contributed by atoms with E-state index in [4.69, 9.17) is 0 Å². The molecule has 1 aromatic carbocycles. The van der Waals surface area contributed by atoms with Crippen molar-refractivity contribution in [3.8, 4) is 0 Å². The van der Waals surface area contributed by atoms with Crippen LogP contribution in [0.2, 0.25) is 0 Å². The van der Waals surface area contributed by atoms with Crippen molar-refractivity contribution in [1.82, 2.24) is 20.2 Å². The highest BCUT2D eigenvalue weighted by Crippen LogP contribution is 2.41. The molecule has 0 aliphatic carbocycles. The molecule has 1 aromatic heterocycles. The number of nitrogens with one attached hydrogen (secondary N) is 2. The molecule has 0 bridgehead atoms. The van der Waals surface area contributed by atoms with Crippen LogP contribution in [-0.4, -0.2) is 48.0 Å². The van der Waals surface area contributed by atoms with Crippen molar-refractivity contribution in [3.05, 3.63) is 36.2 Å². The van der Waals surface area contributed by atoms with Crippen molar-refractivity contribution in [2.75, 3.05) is 32.5 Å². The third kappa shape index (κ3) is 4.24. The van der Waals surface area contributed by atoms with Crippen molar-refractivity contribution in [1.29, 1.82) is 0 Å². The van der Waals surface area contributed by atoms with Gasteiger partial charge >= 0.3 is 0 Å². The minimum Gasteiger partial charge on any atom is -0.356 e. The Morgan fingerprint density at radius 1 is 1.29 bits per heavy atom. The van der Waals surface area contributed by atoms with Crippen molar-refractivity contribution < 1.29 is 4.79 Å². The predicted molar refractivity (Wildman–Crippen MR) is 95.8 cm³/mol. The highest BCUT2D eigenvalue weighted by atomic mass is 32.2. The molecule has 6 nitrogen and oxygen atoms in total. The van der Waals surface area contributed by atoms with Crippen molar-refractivity contribution in [2.24, 2.45) is 0 Å². The second-order valence-electron chi connectivity index (χ2n) is 5.95. The van der Waals surface area contributed by atoms with Crippen LogP contribution < -0.4 is 10.6 Å². The smallest absolute Gasteiger partial charge is 0.224 e. The highest BCUT2D eigenvalue weighted by molar-refractivity contribution is 7.99. The number of nitrogens with zero attached hydrogens (tertiary/aromatic N) is 3. The fraction of sp³-hybridized carbons (Fsp3) is 0.353. The quantitative estimate of drug-likeness (QED) is 0.669. The molecule has 2 heterocycles. The topological polar surface area (TPSA) is 70.2 Å². The van der Waals surface area contributed by atoms with Gasteiger partial charge in [-0.25, -0.2) is 9.97 Å². The summed E-state index contributed by atoms with van der Waals surface area (Å²) >= 11 is 1.59. The van der Waals surface area contributed by atoms with Crippen LogP contribution in [0, 0.1) is 0 Å². The van der Waals surface area contributed by atoms with Crippen LogP contribution in [0.25, 0.3) is 0 Å². The van der Waals surface area contributed by atoms with Crippen molar-refractivity contribution in [3.63, 3.8) is 0 Å². The molecule has 0 fully saturated rings. The van der Waals surface area contributed by atoms with E-state index in [2.05, 4.69) is 25.5 Å². The van der Waals surface area contributed by atoms with E-state index < -0.39 is 0 Å². The third-order valence-corrected chi connectivity index (χ3v) is 4.71. The fourth-order valence-electron chi connectivity index (χ4n) is 2.46. The molecule has 2 N–H and O–H groups in total. The molecule has 3 rings (SSSR count). The lowest BCUT2D eigenvalue weighted by atomic mass is 10.1. The number of fused-ring (bicyclic) bond motifs is 2. The summed E-state index contributed by atoms with van der Waals surface area (Å²) in [5.74, 6) is 0.817. The first-order valence-corrected chi connectivity index (χ1v) is 8.74. The first-order valence-electron chi connectivity index (χ1n) is 7.92. The molecule has 1 amide bonds. The summed E-state index contributed by atoms with van der Waals surface area (Å²) in [5.41, 5.74) is 1.96. The molecule has 0 unspecified atom stereocenters. The predicted octanol–water partition coefficient (Wildman–Crippen LogP) is 2.30. The Labute approximate surface area is 146 Å². The van der Waals surface area contributed by atoms with E-state index in [1.165, 1.54) is 0 Å². The van der Waals surface area contributed by atoms with Crippen LogP contribution in [0.3, 0.4) is 0 Å². The molecule has 24 heavy (non-hydrogen) atoms. The number of benzene rings is 1. The van der Waals surface area contributed by atoms with Crippen LogP contribution in [0.5, 0.6) is 0 Å². The summed E-state index contributed by atoms with van der Waals surface area (Å²) in [6.45, 7) is 1.68. The zero-order valence-corrected chi connectivity index (χ0v) is 14.7. The monoisotopic (exact) mass is 343 g/mol. The molecule has 0 spiro atoms. The number of rotatable bonds is 6. The van der Waals surface area contributed by atoms with Gasteiger partial charge < -0.3 is 15.5 Å². The van der Waals surface area contributed by atoms with E-state index >= 15 is 0 Å². The first kappa shape index (κ1) is 16.7. The van der Waals surface area contributed by atoms with Gasteiger partial charge in [-0.1, -0.05) is 17.8 Å². The minimum atomic E-state index is 0.0531. The van der Waals surface area contributed by atoms with Crippen LogP contribution in [0.4, 0.5) is 11.5 Å². The third-order valence-electron chi connectivity index (χ3n) is 3.64. The molecule has 0 saturated carbocycles. The van der Waals surface area contributed by atoms with Gasteiger partial charge in [0.25, 0.3) is 0 Å². The normalized spacial score (nSPS) is 12.3. The maximum absolute atomic E-state index is 12.1.